The zero-order valence-electron chi connectivity index (χ0n) is 10.5. The molecule has 1 saturated heterocycles. The number of carbonyl (C=O) groups is 1. The van der Waals surface area contributed by atoms with E-state index >= 15 is 0 Å². The first-order valence-corrected chi connectivity index (χ1v) is 6.33. The minimum absolute atomic E-state index is 0.0516. The van der Waals surface area contributed by atoms with Crippen molar-refractivity contribution in [3.63, 3.8) is 0 Å². The highest BCUT2D eigenvalue weighted by molar-refractivity contribution is 7.80. The van der Waals surface area contributed by atoms with Gasteiger partial charge in [-0.05, 0) is 18.8 Å². The summed E-state index contributed by atoms with van der Waals surface area (Å²) in [4.78, 5) is 14.4. The van der Waals surface area contributed by atoms with Crippen molar-refractivity contribution < 1.29 is 4.79 Å². The molecule has 1 heterocycles. The molecule has 0 radical (unpaired) electrons. The van der Waals surface area contributed by atoms with Crippen molar-refractivity contribution in [2.75, 3.05) is 13.1 Å². The van der Waals surface area contributed by atoms with E-state index in [2.05, 4.69) is 20.8 Å². The highest BCUT2D eigenvalue weighted by Gasteiger charge is 2.34. The van der Waals surface area contributed by atoms with Crippen LogP contribution < -0.4 is 5.73 Å². The predicted molar refractivity (Wildman–Crippen MR) is 70.2 cm³/mol. The highest BCUT2D eigenvalue weighted by atomic mass is 32.1. The molecule has 92 valence electrons. The molecular formula is C12H22N2OS. The summed E-state index contributed by atoms with van der Waals surface area (Å²) >= 11 is 5.08. The van der Waals surface area contributed by atoms with E-state index in [1.807, 2.05) is 4.90 Å². The molecule has 0 aromatic heterocycles. The van der Waals surface area contributed by atoms with Crippen molar-refractivity contribution in [1.82, 2.24) is 4.90 Å². The van der Waals surface area contributed by atoms with Gasteiger partial charge in [0.2, 0.25) is 5.91 Å². The van der Waals surface area contributed by atoms with Gasteiger partial charge in [-0.3, -0.25) is 4.79 Å². The number of amides is 1. The van der Waals surface area contributed by atoms with E-state index in [0.717, 1.165) is 25.9 Å². The molecule has 1 aliphatic rings. The van der Waals surface area contributed by atoms with Crippen LogP contribution in [0.1, 0.15) is 40.0 Å². The zero-order valence-corrected chi connectivity index (χ0v) is 11.3. The number of hydrogen-bond acceptors (Lipinski definition) is 2. The second-order valence-electron chi connectivity index (χ2n) is 5.40. The maximum absolute atomic E-state index is 11.9. The average molecular weight is 242 g/mol. The van der Waals surface area contributed by atoms with Gasteiger partial charge in [-0.1, -0.05) is 33.0 Å². The Morgan fingerprint density at radius 1 is 1.44 bits per heavy atom. The van der Waals surface area contributed by atoms with E-state index in [1.54, 1.807) is 0 Å². The Kier molecular flexibility index (Phi) is 4.30. The van der Waals surface area contributed by atoms with E-state index in [9.17, 15) is 4.79 Å². The van der Waals surface area contributed by atoms with Gasteiger partial charge in [-0.15, -0.1) is 0 Å². The molecule has 0 saturated carbocycles. The highest BCUT2D eigenvalue weighted by Crippen LogP contribution is 2.31. The fourth-order valence-corrected chi connectivity index (χ4v) is 2.18. The molecule has 1 rings (SSSR count). The van der Waals surface area contributed by atoms with Crippen molar-refractivity contribution in [2.45, 2.75) is 40.0 Å². The first-order valence-electron chi connectivity index (χ1n) is 5.93. The van der Waals surface area contributed by atoms with Crippen molar-refractivity contribution in [3.05, 3.63) is 0 Å². The Morgan fingerprint density at radius 2 is 1.94 bits per heavy atom. The lowest BCUT2D eigenvalue weighted by Crippen LogP contribution is -2.46. The van der Waals surface area contributed by atoms with E-state index in [1.165, 1.54) is 0 Å². The third-order valence-electron chi connectivity index (χ3n) is 3.40. The number of piperidine rings is 1. The van der Waals surface area contributed by atoms with Gasteiger partial charge in [-0.2, -0.15) is 0 Å². The van der Waals surface area contributed by atoms with Crippen LogP contribution in [0.5, 0.6) is 0 Å². The van der Waals surface area contributed by atoms with Crippen LogP contribution in [0.2, 0.25) is 0 Å². The van der Waals surface area contributed by atoms with Crippen LogP contribution in [0.25, 0.3) is 0 Å². The molecule has 0 aliphatic carbocycles. The van der Waals surface area contributed by atoms with Crippen molar-refractivity contribution in [3.8, 4) is 0 Å². The Labute approximate surface area is 103 Å². The van der Waals surface area contributed by atoms with Gasteiger partial charge in [0.1, 0.15) is 0 Å². The molecule has 0 bridgehead atoms. The molecule has 0 aromatic rings. The Morgan fingerprint density at radius 3 is 2.31 bits per heavy atom. The van der Waals surface area contributed by atoms with Crippen LogP contribution >= 0.6 is 12.2 Å². The number of thiocarbonyl (C=S) groups is 1. The average Bonchev–Trinajstić information content (AvgIpc) is 2.17. The van der Waals surface area contributed by atoms with Crippen LogP contribution in [0.15, 0.2) is 0 Å². The van der Waals surface area contributed by atoms with Gasteiger partial charge in [0.25, 0.3) is 0 Å². The quantitative estimate of drug-likeness (QED) is 0.769. The second-order valence-corrected chi connectivity index (χ2v) is 5.84. The minimum Gasteiger partial charge on any atom is -0.393 e. The van der Waals surface area contributed by atoms with Gasteiger partial charge >= 0.3 is 0 Å². The van der Waals surface area contributed by atoms with Gasteiger partial charge < -0.3 is 10.6 Å². The van der Waals surface area contributed by atoms with Gasteiger partial charge in [0, 0.05) is 24.9 Å². The standard InChI is InChI=1S/C12H22N2OS/c1-9(2)8-10(15)14-6-4-12(3,5-7-14)11(13)16/h9H,4-8H2,1-3H3,(H2,13,16). The third kappa shape index (κ3) is 3.17. The Hall–Kier alpha value is -0.640. The molecule has 1 aliphatic heterocycles. The summed E-state index contributed by atoms with van der Waals surface area (Å²) in [7, 11) is 0. The molecular weight excluding hydrogens is 220 g/mol. The van der Waals surface area contributed by atoms with Gasteiger partial charge in [-0.25, -0.2) is 0 Å². The van der Waals surface area contributed by atoms with Crippen LogP contribution in [0.3, 0.4) is 0 Å². The van der Waals surface area contributed by atoms with Crippen LogP contribution in [-0.2, 0) is 4.79 Å². The van der Waals surface area contributed by atoms with Crippen LogP contribution in [0.4, 0.5) is 0 Å². The minimum atomic E-state index is -0.0516. The molecule has 0 unspecified atom stereocenters. The Balaban J connectivity index is 2.49. The molecule has 4 heteroatoms. The normalized spacial score (nSPS) is 19.9. The number of hydrogen-bond donors (Lipinski definition) is 1. The first kappa shape index (κ1) is 13.4. The summed E-state index contributed by atoms with van der Waals surface area (Å²) in [6.45, 7) is 7.82. The van der Waals surface area contributed by atoms with Crippen molar-refractivity contribution in [1.29, 1.82) is 0 Å². The number of carbonyl (C=O) groups excluding carboxylic acids is 1. The first-order chi connectivity index (χ1) is 7.35. The third-order valence-corrected chi connectivity index (χ3v) is 3.89. The van der Waals surface area contributed by atoms with Gasteiger partial charge in [0.15, 0.2) is 0 Å². The summed E-state index contributed by atoms with van der Waals surface area (Å²) in [5, 5.41) is 0. The molecule has 0 aromatic carbocycles. The summed E-state index contributed by atoms with van der Waals surface area (Å²) in [6, 6.07) is 0. The maximum Gasteiger partial charge on any atom is 0.222 e. The molecule has 1 fully saturated rings. The van der Waals surface area contributed by atoms with E-state index in [0.29, 0.717) is 17.3 Å². The van der Waals surface area contributed by atoms with Gasteiger partial charge in [0.05, 0.1) is 4.99 Å². The fraction of sp³-hybridized carbons (Fsp3) is 0.833. The van der Waals surface area contributed by atoms with Crippen molar-refractivity contribution in [2.24, 2.45) is 17.1 Å². The van der Waals surface area contributed by atoms with E-state index < -0.39 is 0 Å². The molecule has 3 nitrogen and oxygen atoms in total. The number of nitrogens with zero attached hydrogens (tertiary/aromatic N) is 1. The summed E-state index contributed by atoms with van der Waals surface area (Å²) in [5.41, 5.74) is 5.68. The lowest BCUT2D eigenvalue weighted by Gasteiger charge is -2.38. The predicted octanol–water partition coefficient (Wildman–Crippen LogP) is 1.95. The fourth-order valence-electron chi connectivity index (χ4n) is 1.97. The lowest BCUT2D eigenvalue weighted by atomic mass is 9.80. The molecule has 1 amide bonds. The van der Waals surface area contributed by atoms with Crippen molar-refractivity contribution >= 4 is 23.1 Å². The molecule has 0 spiro atoms. The largest absolute Gasteiger partial charge is 0.393 e. The lowest BCUT2D eigenvalue weighted by molar-refractivity contribution is -0.133. The number of likely N-dealkylation sites (tertiary alicyclic amines) is 1. The molecule has 2 N–H and O–H groups in total. The summed E-state index contributed by atoms with van der Waals surface area (Å²) in [6.07, 6.45) is 2.43. The summed E-state index contributed by atoms with van der Waals surface area (Å²) in [5.74, 6) is 0.691. The molecule has 16 heavy (non-hydrogen) atoms. The number of nitrogens with two attached hydrogens (primary N) is 1. The van der Waals surface area contributed by atoms with Crippen LogP contribution in [0, 0.1) is 11.3 Å². The topological polar surface area (TPSA) is 46.3 Å². The van der Waals surface area contributed by atoms with E-state index in [-0.39, 0.29) is 11.3 Å². The second kappa shape index (κ2) is 5.13. The van der Waals surface area contributed by atoms with Crippen LogP contribution in [-0.4, -0.2) is 28.9 Å². The number of rotatable bonds is 3. The smallest absolute Gasteiger partial charge is 0.222 e. The molecule has 0 atom stereocenters. The maximum atomic E-state index is 11.9. The SMILES string of the molecule is CC(C)CC(=O)N1CCC(C)(C(N)=S)CC1. The summed E-state index contributed by atoms with van der Waals surface area (Å²) < 4.78 is 0. The van der Waals surface area contributed by atoms with E-state index in [4.69, 9.17) is 18.0 Å². The monoisotopic (exact) mass is 242 g/mol. The zero-order chi connectivity index (χ0) is 12.3. The Bertz CT molecular complexity index is 281.